The molecular weight excluding hydrogens is 332 g/mol. The molecule has 1 aliphatic rings. The van der Waals surface area contributed by atoms with Crippen LogP contribution < -0.4 is 5.32 Å². The number of carbonyl (C=O) groups excluding carboxylic acids is 1. The van der Waals surface area contributed by atoms with Gasteiger partial charge in [-0.15, -0.1) is 0 Å². The van der Waals surface area contributed by atoms with Crippen molar-refractivity contribution < 1.29 is 9.72 Å². The molecule has 26 heavy (non-hydrogen) atoms. The lowest BCUT2D eigenvalue weighted by atomic mass is 9.96. The average Bonchev–Trinajstić information content (AvgIpc) is 2.68. The van der Waals surface area contributed by atoms with E-state index in [4.69, 9.17) is 0 Å². The summed E-state index contributed by atoms with van der Waals surface area (Å²) in [6.45, 7) is 3.49. The lowest BCUT2D eigenvalue weighted by Gasteiger charge is -2.32. The van der Waals surface area contributed by atoms with Crippen LogP contribution in [0.4, 0.5) is 5.69 Å². The molecule has 1 N–H and O–H groups in total. The van der Waals surface area contributed by atoms with Gasteiger partial charge < -0.3 is 5.32 Å². The summed E-state index contributed by atoms with van der Waals surface area (Å²) in [7, 11) is 0. The third-order valence-electron chi connectivity index (χ3n) is 4.71. The van der Waals surface area contributed by atoms with Crippen molar-refractivity contribution in [3.05, 3.63) is 70.0 Å². The van der Waals surface area contributed by atoms with Gasteiger partial charge in [0, 0.05) is 43.2 Å². The molecule has 2 aromatic rings. The molecule has 0 atom stereocenters. The molecule has 136 valence electrons. The molecule has 1 fully saturated rings. The second-order valence-electron chi connectivity index (χ2n) is 6.60. The van der Waals surface area contributed by atoms with E-state index in [-0.39, 0.29) is 11.6 Å². The van der Waals surface area contributed by atoms with Crippen LogP contribution in [0.1, 0.15) is 28.8 Å². The van der Waals surface area contributed by atoms with Crippen molar-refractivity contribution in [2.24, 2.45) is 5.92 Å². The fraction of sp³-hybridized carbons (Fsp3) is 0.368. The molecule has 1 aromatic heterocycles. The number of nitro benzene ring substituents is 1. The van der Waals surface area contributed by atoms with Crippen LogP contribution in [0.3, 0.4) is 0 Å². The monoisotopic (exact) mass is 354 g/mol. The van der Waals surface area contributed by atoms with Gasteiger partial charge in [-0.05, 0) is 49.5 Å². The predicted octanol–water partition coefficient (Wildman–Crippen LogP) is 2.63. The summed E-state index contributed by atoms with van der Waals surface area (Å²) in [6, 6.07) is 9.85. The molecular formula is C19H22N4O3. The third kappa shape index (κ3) is 4.86. The second kappa shape index (κ2) is 8.53. The van der Waals surface area contributed by atoms with E-state index >= 15 is 0 Å². The van der Waals surface area contributed by atoms with Crippen LogP contribution in [-0.4, -0.2) is 40.3 Å². The fourth-order valence-electron chi connectivity index (χ4n) is 3.20. The maximum absolute atomic E-state index is 12.2. The number of nitrogens with one attached hydrogen (secondary N) is 1. The lowest BCUT2D eigenvalue weighted by molar-refractivity contribution is -0.384. The first-order valence-electron chi connectivity index (χ1n) is 8.76. The number of likely N-dealkylation sites (tertiary alicyclic amines) is 1. The highest BCUT2D eigenvalue weighted by Crippen LogP contribution is 2.19. The normalized spacial score (nSPS) is 15.5. The van der Waals surface area contributed by atoms with E-state index < -0.39 is 4.92 Å². The van der Waals surface area contributed by atoms with Crippen LogP contribution >= 0.6 is 0 Å². The Morgan fingerprint density at radius 2 is 2.08 bits per heavy atom. The molecule has 0 bridgehead atoms. The molecule has 0 unspecified atom stereocenters. The predicted molar refractivity (Wildman–Crippen MR) is 97.7 cm³/mol. The summed E-state index contributed by atoms with van der Waals surface area (Å²) >= 11 is 0. The maximum Gasteiger partial charge on any atom is 0.270 e. The Labute approximate surface area is 152 Å². The topological polar surface area (TPSA) is 88.4 Å². The average molecular weight is 354 g/mol. The van der Waals surface area contributed by atoms with Crippen molar-refractivity contribution in [2.45, 2.75) is 19.4 Å². The Kier molecular flexibility index (Phi) is 5.91. The number of amides is 1. The Morgan fingerprint density at radius 3 is 2.77 bits per heavy atom. The minimum absolute atomic E-state index is 0.0682. The van der Waals surface area contributed by atoms with Gasteiger partial charge in [0.2, 0.25) is 0 Å². The van der Waals surface area contributed by atoms with Gasteiger partial charge >= 0.3 is 0 Å². The molecule has 0 spiro atoms. The minimum Gasteiger partial charge on any atom is -0.352 e. The maximum atomic E-state index is 12.2. The number of aromatic nitrogens is 1. The van der Waals surface area contributed by atoms with Crippen LogP contribution in [-0.2, 0) is 6.54 Å². The van der Waals surface area contributed by atoms with E-state index in [1.807, 2.05) is 12.3 Å². The number of carbonyl (C=O) groups is 1. The summed E-state index contributed by atoms with van der Waals surface area (Å²) in [4.78, 5) is 29.1. The lowest BCUT2D eigenvalue weighted by Crippen LogP contribution is -2.38. The molecule has 1 amide bonds. The van der Waals surface area contributed by atoms with Gasteiger partial charge in [0.25, 0.3) is 11.6 Å². The van der Waals surface area contributed by atoms with Gasteiger partial charge in [0.05, 0.1) is 4.92 Å². The van der Waals surface area contributed by atoms with Crippen molar-refractivity contribution in [1.82, 2.24) is 15.2 Å². The SMILES string of the molecule is O=C(NCC1CCN(Cc2cccnc2)CC1)c1cccc([N+](=O)[O-])c1. The Balaban J connectivity index is 1.44. The summed E-state index contributed by atoms with van der Waals surface area (Å²) < 4.78 is 0. The summed E-state index contributed by atoms with van der Waals surface area (Å²) in [6.07, 6.45) is 5.72. The number of piperidine rings is 1. The van der Waals surface area contributed by atoms with Crippen molar-refractivity contribution in [3.8, 4) is 0 Å². The molecule has 0 aliphatic carbocycles. The third-order valence-corrected chi connectivity index (χ3v) is 4.71. The van der Waals surface area contributed by atoms with Crippen molar-refractivity contribution in [2.75, 3.05) is 19.6 Å². The Hall–Kier alpha value is -2.80. The van der Waals surface area contributed by atoms with Gasteiger partial charge in [0.15, 0.2) is 0 Å². The van der Waals surface area contributed by atoms with E-state index in [1.165, 1.54) is 23.8 Å². The minimum atomic E-state index is -0.491. The van der Waals surface area contributed by atoms with E-state index in [0.29, 0.717) is 18.0 Å². The number of nitro groups is 1. The highest BCUT2D eigenvalue weighted by Gasteiger charge is 2.20. The number of nitrogens with zero attached hydrogens (tertiary/aromatic N) is 3. The van der Waals surface area contributed by atoms with Gasteiger partial charge in [-0.1, -0.05) is 12.1 Å². The van der Waals surface area contributed by atoms with E-state index in [2.05, 4.69) is 21.3 Å². The standard InChI is InChI=1S/C19H22N4O3/c24-19(17-4-1-5-18(11-17)23(25)26)21-13-15-6-9-22(10-7-15)14-16-3-2-8-20-12-16/h1-5,8,11-12,15H,6-7,9-10,13-14H2,(H,21,24). The molecule has 1 aromatic carbocycles. The number of non-ortho nitro benzene ring substituents is 1. The van der Waals surface area contributed by atoms with Gasteiger partial charge in [-0.2, -0.15) is 0 Å². The zero-order valence-electron chi connectivity index (χ0n) is 14.5. The molecule has 1 aliphatic heterocycles. The number of rotatable bonds is 6. The molecule has 7 heteroatoms. The first-order valence-corrected chi connectivity index (χ1v) is 8.76. The van der Waals surface area contributed by atoms with E-state index in [1.54, 1.807) is 12.3 Å². The molecule has 3 rings (SSSR count). The number of hydrogen-bond donors (Lipinski definition) is 1. The smallest absolute Gasteiger partial charge is 0.270 e. The van der Waals surface area contributed by atoms with Gasteiger partial charge in [-0.25, -0.2) is 0 Å². The van der Waals surface area contributed by atoms with Crippen LogP contribution in [0, 0.1) is 16.0 Å². The Bertz CT molecular complexity index is 758. The summed E-state index contributed by atoms with van der Waals surface area (Å²) in [5, 5.41) is 13.7. The number of pyridine rings is 1. The number of hydrogen-bond acceptors (Lipinski definition) is 5. The molecule has 0 saturated carbocycles. The highest BCUT2D eigenvalue weighted by molar-refractivity contribution is 5.94. The van der Waals surface area contributed by atoms with Gasteiger partial charge in [0.1, 0.15) is 0 Å². The quantitative estimate of drug-likeness (QED) is 0.636. The highest BCUT2D eigenvalue weighted by atomic mass is 16.6. The van der Waals surface area contributed by atoms with E-state index in [0.717, 1.165) is 32.5 Å². The largest absolute Gasteiger partial charge is 0.352 e. The zero-order valence-corrected chi connectivity index (χ0v) is 14.5. The number of benzene rings is 1. The van der Waals surface area contributed by atoms with Crippen molar-refractivity contribution in [1.29, 1.82) is 0 Å². The van der Waals surface area contributed by atoms with E-state index in [9.17, 15) is 14.9 Å². The van der Waals surface area contributed by atoms with Crippen LogP contribution in [0.25, 0.3) is 0 Å². The van der Waals surface area contributed by atoms with Crippen molar-refractivity contribution >= 4 is 11.6 Å². The zero-order chi connectivity index (χ0) is 18.4. The summed E-state index contributed by atoms with van der Waals surface area (Å²) in [5.41, 5.74) is 1.47. The molecule has 1 saturated heterocycles. The Morgan fingerprint density at radius 1 is 1.27 bits per heavy atom. The molecule has 0 radical (unpaired) electrons. The van der Waals surface area contributed by atoms with Crippen LogP contribution in [0.15, 0.2) is 48.8 Å². The van der Waals surface area contributed by atoms with Crippen LogP contribution in [0.5, 0.6) is 0 Å². The van der Waals surface area contributed by atoms with Crippen LogP contribution in [0.2, 0.25) is 0 Å². The fourth-order valence-corrected chi connectivity index (χ4v) is 3.20. The van der Waals surface area contributed by atoms with Gasteiger partial charge in [-0.3, -0.25) is 24.8 Å². The first kappa shape index (κ1) is 18.0. The molecule has 7 nitrogen and oxygen atoms in total. The first-order chi connectivity index (χ1) is 12.6. The second-order valence-corrected chi connectivity index (χ2v) is 6.60. The van der Waals surface area contributed by atoms with Crippen molar-refractivity contribution in [3.63, 3.8) is 0 Å². The summed E-state index contributed by atoms with van der Waals surface area (Å²) in [5.74, 6) is 0.175. The molecule has 2 heterocycles.